The van der Waals surface area contributed by atoms with Crippen molar-refractivity contribution in [2.24, 2.45) is 59.2 Å². The highest BCUT2D eigenvalue weighted by molar-refractivity contribution is 5.90. The molecule has 5 aliphatic rings. The van der Waals surface area contributed by atoms with Crippen LogP contribution in [0.25, 0.3) is 6.08 Å². The van der Waals surface area contributed by atoms with Crippen LogP contribution in [0, 0.1) is 59.2 Å². The van der Waals surface area contributed by atoms with Gasteiger partial charge in [0.25, 0.3) is 0 Å². The lowest BCUT2D eigenvalue weighted by molar-refractivity contribution is 0.0478. The standard InChI is InChI=1S/C27H32O2/c1-3-15-6-5-7-17(8-15)27(28)29-14-18-10-20(18)22-12-24(22)26-13-25(26)23-11-21(23)19-9-16(19)4-2/h3-8,16,18-26H,1-2,9-14H2/t16-,18+,19-,20-,21+,22+,23-,24-,25+,26+/m1/s1. The number of allylic oxidation sites excluding steroid dienone is 1. The minimum Gasteiger partial charge on any atom is -0.462 e. The first-order chi connectivity index (χ1) is 14.2. The summed E-state index contributed by atoms with van der Waals surface area (Å²) in [4.78, 5) is 12.3. The second kappa shape index (κ2) is 6.59. The van der Waals surface area contributed by atoms with Crippen molar-refractivity contribution in [2.75, 3.05) is 6.61 Å². The highest BCUT2D eigenvalue weighted by Crippen LogP contribution is 2.72. The van der Waals surface area contributed by atoms with Crippen molar-refractivity contribution < 1.29 is 9.53 Å². The van der Waals surface area contributed by atoms with Gasteiger partial charge in [-0.1, -0.05) is 30.9 Å². The summed E-state index contributed by atoms with van der Waals surface area (Å²) in [6.07, 6.45) is 11.1. The van der Waals surface area contributed by atoms with Crippen LogP contribution >= 0.6 is 0 Å². The van der Waals surface area contributed by atoms with Gasteiger partial charge in [-0.15, -0.1) is 6.58 Å². The molecule has 0 unspecified atom stereocenters. The largest absolute Gasteiger partial charge is 0.462 e. The highest BCUT2D eigenvalue weighted by Gasteiger charge is 2.65. The monoisotopic (exact) mass is 388 g/mol. The first-order valence-electron chi connectivity index (χ1n) is 11.7. The Morgan fingerprint density at radius 3 is 2.17 bits per heavy atom. The molecule has 5 aliphatic carbocycles. The van der Waals surface area contributed by atoms with E-state index < -0.39 is 0 Å². The number of esters is 1. The first kappa shape index (κ1) is 18.0. The molecule has 5 fully saturated rings. The second-order valence-electron chi connectivity index (χ2n) is 10.6. The maximum Gasteiger partial charge on any atom is 0.338 e. The van der Waals surface area contributed by atoms with Crippen LogP contribution < -0.4 is 0 Å². The molecule has 5 saturated carbocycles. The van der Waals surface area contributed by atoms with Crippen LogP contribution in [-0.2, 0) is 4.74 Å². The lowest BCUT2D eigenvalue weighted by Crippen LogP contribution is -2.09. The van der Waals surface area contributed by atoms with Crippen molar-refractivity contribution in [2.45, 2.75) is 32.1 Å². The van der Waals surface area contributed by atoms with Crippen LogP contribution in [0.15, 0.2) is 43.5 Å². The summed E-state index contributed by atoms with van der Waals surface area (Å²) in [5, 5.41) is 0. The summed E-state index contributed by atoms with van der Waals surface area (Å²) in [5.41, 5.74) is 1.60. The van der Waals surface area contributed by atoms with Crippen molar-refractivity contribution in [3.8, 4) is 0 Å². The van der Waals surface area contributed by atoms with E-state index >= 15 is 0 Å². The molecule has 2 nitrogen and oxygen atoms in total. The highest BCUT2D eigenvalue weighted by atomic mass is 16.5. The molecule has 2 heteroatoms. The van der Waals surface area contributed by atoms with Gasteiger partial charge in [-0.2, -0.15) is 0 Å². The van der Waals surface area contributed by atoms with Gasteiger partial charge in [0.05, 0.1) is 12.2 Å². The van der Waals surface area contributed by atoms with Gasteiger partial charge < -0.3 is 4.74 Å². The smallest absolute Gasteiger partial charge is 0.338 e. The zero-order chi connectivity index (χ0) is 19.7. The van der Waals surface area contributed by atoms with E-state index in [9.17, 15) is 4.79 Å². The van der Waals surface area contributed by atoms with Crippen LogP contribution in [0.5, 0.6) is 0 Å². The van der Waals surface area contributed by atoms with E-state index in [0.717, 1.165) is 58.8 Å². The molecule has 0 aromatic heterocycles. The van der Waals surface area contributed by atoms with Crippen LogP contribution in [-0.4, -0.2) is 12.6 Å². The molecule has 10 atom stereocenters. The van der Waals surface area contributed by atoms with Gasteiger partial charge >= 0.3 is 5.97 Å². The summed E-state index contributed by atoms with van der Waals surface area (Å²) in [6.45, 7) is 8.35. The summed E-state index contributed by atoms with van der Waals surface area (Å²) < 4.78 is 5.63. The normalized spacial score (nSPS) is 45.8. The summed E-state index contributed by atoms with van der Waals surface area (Å²) in [7, 11) is 0. The molecule has 0 radical (unpaired) electrons. The Labute approximate surface area is 174 Å². The van der Waals surface area contributed by atoms with Crippen molar-refractivity contribution in [1.82, 2.24) is 0 Å². The SMILES string of the molecule is C=Cc1cccc(C(=O)OC[C@@H]2C[C@H]2[C@@H]2C[C@H]2[C@@H]2C[C@H]2[C@@H]2C[C@H]2[C@@H]2C[C@H]2C=C)c1. The van der Waals surface area contributed by atoms with E-state index in [1.54, 1.807) is 6.08 Å². The summed E-state index contributed by atoms with van der Waals surface area (Å²) in [5.74, 6) is 9.29. The third-order valence-electron chi connectivity index (χ3n) is 8.83. The van der Waals surface area contributed by atoms with Crippen molar-refractivity contribution >= 4 is 12.0 Å². The lowest BCUT2D eigenvalue weighted by atomic mass is 10.1. The molecule has 152 valence electrons. The first-order valence-corrected chi connectivity index (χ1v) is 11.7. The fraction of sp³-hybridized carbons (Fsp3) is 0.593. The zero-order valence-corrected chi connectivity index (χ0v) is 17.2. The van der Waals surface area contributed by atoms with Crippen molar-refractivity contribution in [3.05, 3.63) is 54.6 Å². The average molecular weight is 389 g/mol. The summed E-state index contributed by atoms with van der Waals surface area (Å²) >= 11 is 0. The molecular formula is C27H32O2. The predicted octanol–water partition coefficient (Wildman–Crippen LogP) is 5.85. The molecule has 1 aromatic carbocycles. The van der Waals surface area contributed by atoms with Crippen molar-refractivity contribution in [3.63, 3.8) is 0 Å². The van der Waals surface area contributed by atoms with Gasteiger partial charge in [-0.25, -0.2) is 4.79 Å². The maximum absolute atomic E-state index is 12.3. The lowest BCUT2D eigenvalue weighted by Gasteiger charge is -2.05. The number of benzene rings is 1. The average Bonchev–Trinajstić information content (AvgIpc) is 3.57. The number of hydrogen-bond donors (Lipinski definition) is 0. The van der Waals surface area contributed by atoms with E-state index in [0.29, 0.717) is 18.1 Å². The topological polar surface area (TPSA) is 26.3 Å². The minimum absolute atomic E-state index is 0.188. The number of carbonyl (C=O) groups excluding carboxylic acids is 1. The van der Waals surface area contributed by atoms with E-state index in [1.165, 1.54) is 32.1 Å². The fourth-order valence-corrected chi connectivity index (χ4v) is 6.71. The Kier molecular flexibility index (Phi) is 4.08. The Balaban J connectivity index is 0.931. The number of carbonyl (C=O) groups is 1. The molecule has 0 amide bonds. The predicted molar refractivity (Wildman–Crippen MR) is 115 cm³/mol. The molecule has 0 bridgehead atoms. The number of rotatable bonds is 9. The van der Waals surface area contributed by atoms with Gasteiger partial charge in [-0.05, 0) is 109 Å². The van der Waals surface area contributed by atoms with Gasteiger partial charge in [0.1, 0.15) is 0 Å². The van der Waals surface area contributed by atoms with Gasteiger partial charge in [0.2, 0.25) is 0 Å². The number of ether oxygens (including phenoxy) is 1. The van der Waals surface area contributed by atoms with Crippen LogP contribution in [0.4, 0.5) is 0 Å². The van der Waals surface area contributed by atoms with Crippen molar-refractivity contribution in [1.29, 1.82) is 0 Å². The van der Waals surface area contributed by atoms with E-state index in [1.807, 2.05) is 24.3 Å². The molecule has 6 rings (SSSR count). The van der Waals surface area contributed by atoms with Crippen LogP contribution in [0.2, 0.25) is 0 Å². The number of hydrogen-bond acceptors (Lipinski definition) is 2. The molecule has 29 heavy (non-hydrogen) atoms. The Morgan fingerprint density at radius 1 is 0.897 bits per heavy atom. The molecule has 0 aliphatic heterocycles. The van der Waals surface area contributed by atoms with E-state index in [2.05, 4.69) is 19.2 Å². The molecule has 0 saturated heterocycles. The fourth-order valence-electron chi connectivity index (χ4n) is 6.71. The van der Waals surface area contributed by atoms with Gasteiger partial charge in [-0.3, -0.25) is 0 Å². The third kappa shape index (κ3) is 3.39. The zero-order valence-electron chi connectivity index (χ0n) is 17.2. The molecule has 0 N–H and O–H groups in total. The minimum atomic E-state index is -0.188. The van der Waals surface area contributed by atoms with E-state index in [4.69, 9.17) is 4.74 Å². The van der Waals surface area contributed by atoms with Crippen LogP contribution in [0.1, 0.15) is 48.0 Å². The Morgan fingerprint density at radius 2 is 1.55 bits per heavy atom. The summed E-state index contributed by atoms with van der Waals surface area (Å²) in [6, 6.07) is 7.52. The Bertz CT molecular complexity index is 856. The Hall–Kier alpha value is -1.83. The quantitative estimate of drug-likeness (QED) is 0.392. The maximum atomic E-state index is 12.3. The van der Waals surface area contributed by atoms with E-state index in [-0.39, 0.29) is 5.97 Å². The third-order valence-corrected chi connectivity index (χ3v) is 8.83. The van der Waals surface area contributed by atoms with Crippen LogP contribution in [0.3, 0.4) is 0 Å². The molecule has 0 heterocycles. The molecule has 0 spiro atoms. The molecular weight excluding hydrogens is 356 g/mol. The second-order valence-corrected chi connectivity index (χ2v) is 10.6. The van der Waals surface area contributed by atoms with Gasteiger partial charge in [0, 0.05) is 0 Å². The van der Waals surface area contributed by atoms with Gasteiger partial charge in [0.15, 0.2) is 0 Å². The molecule has 1 aromatic rings.